The number of nitrogens with one attached hydrogen (secondary N) is 1. The first kappa shape index (κ1) is 22.0. The monoisotopic (exact) mass is 384 g/mol. The highest BCUT2D eigenvalue weighted by Gasteiger charge is 2.18. The van der Waals surface area contributed by atoms with Gasteiger partial charge in [0.2, 0.25) is 5.91 Å². The third-order valence-corrected chi connectivity index (χ3v) is 4.08. The number of halogens is 1. The Kier molecular flexibility index (Phi) is 8.57. The Bertz CT molecular complexity index is 629. The van der Waals surface area contributed by atoms with E-state index in [1.165, 1.54) is 35.8 Å². The molecule has 1 aromatic rings. The number of esters is 1. The fraction of sp³-hybridized carbons (Fsp3) is 0.500. The van der Waals surface area contributed by atoms with Crippen molar-refractivity contribution in [3.8, 4) is 0 Å². The minimum Gasteiger partial charge on any atom is -0.456 e. The number of amides is 2. The second kappa shape index (κ2) is 10.2. The van der Waals surface area contributed by atoms with Crippen LogP contribution in [0, 0.1) is 5.82 Å². The Labute approximate surface area is 157 Å². The van der Waals surface area contributed by atoms with Crippen LogP contribution >= 0.6 is 11.8 Å². The van der Waals surface area contributed by atoms with Crippen LogP contribution in [0.25, 0.3) is 0 Å². The van der Waals surface area contributed by atoms with Gasteiger partial charge in [-0.15, -0.1) is 11.8 Å². The Morgan fingerprint density at radius 2 is 1.81 bits per heavy atom. The maximum absolute atomic E-state index is 12.8. The molecule has 6 nitrogen and oxygen atoms in total. The topological polar surface area (TPSA) is 75.7 Å². The summed E-state index contributed by atoms with van der Waals surface area (Å²) >= 11 is 1.40. The highest BCUT2D eigenvalue weighted by Crippen LogP contribution is 2.18. The number of hydrogen-bond donors (Lipinski definition) is 1. The summed E-state index contributed by atoms with van der Waals surface area (Å²) < 4.78 is 17.7. The van der Waals surface area contributed by atoms with Crippen molar-refractivity contribution in [1.82, 2.24) is 10.2 Å². The van der Waals surface area contributed by atoms with E-state index >= 15 is 0 Å². The van der Waals surface area contributed by atoms with Gasteiger partial charge >= 0.3 is 5.97 Å². The van der Waals surface area contributed by atoms with Crippen LogP contribution in [0.2, 0.25) is 0 Å². The Morgan fingerprint density at radius 3 is 2.38 bits per heavy atom. The minimum atomic E-state index is -0.500. The highest BCUT2D eigenvalue weighted by atomic mass is 32.2. The van der Waals surface area contributed by atoms with E-state index in [9.17, 15) is 18.8 Å². The van der Waals surface area contributed by atoms with Crippen LogP contribution in [0.4, 0.5) is 4.39 Å². The van der Waals surface area contributed by atoms with Crippen LogP contribution < -0.4 is 5.32 Å². The van der Waals surface area contributed by atoms with Gasteiger partial charge in [-0.2, -0.15) is 0 Å². The van der Waals surface area contributed by atoms with Crippen molar-refractivity contribution < 1.29 is 23.5 Å². The molecule has 0 bridgehead atoms. The third kappa shape index (κ3) is 9.41. The van der Waals surface area contributed by atoms with Crippen LogP contribution in [0.5, 0.6) is 0 Å². The van der Waals surface area contributed by atoms with Crippen molar-refractivity contribution in [2.24, 2.45) is 0 Å². The van der Waals surface area contributed by atoms with Crippen LogP contribution in [-0.2, 0) is 19.1 Å². The Morgan fingerprint density at radius 1 is 1.19 bits per heavy atom. The maximum atomic E-state index is 12.8. The number of hydrogen-bond acceptors (Lipinski definition) is 5. The number of carbonyl (C=O) groups excluding carboxylic acids is 3. The van der Waals surface area contributed by atoms with Gasteiger partial charge in [-0.25, -0.2) is 4.39 Å². The second-order valence-electron chi connectivity index (χ2n) is 6.76. The van der Waals surface area contributed by atoms with Gasteiger partial charge < -0.3 is 15.0 Å². The van der Waals surface area contributed by atoms with Gasteiger partial charge in [0.15, 0.2) is 6.61 Å². The fourth-order valence-corrected chi connectivity index (χ4v) is 2.70. The molecule has 0 aliphatic carbocycles. The number of likely N-dealkylation sites (N-methyl/N-ethyl adjacent to an activating group) is 1. The lowest BCUT2D eigenvalue weighted by atomic mass is 10.1. The van der Waals surface area contributed by atoms with Gasteiger partial charge in [0, 0.05) is 23.2 Å². The summed E-state index contributed by atoms with van der Waals surface area (Å²) in [5, 5.41) is 2.75. The van der Waals surface area contributed by atoms with Gasteiger partial charge in [-0.1, -0.05) is 0 Å². The van der Waals surface area contributed by atoms with E-state index in [4.69, 9.17) is 4.74 Å². The molecule has 8 heteroatoms. The molecule has 0 atom stereocenters. The number of benzene rings is 1. The van der Waals surface area contributed by atoms with Gasteiger partial charge in [-0.3, -0.25) is 14.4 Å². The SMILES string of the molecule is CN(CC(=O)NC(C)(C)C)C(=O)COC(=O)CCSc1ccc(F)cc1. The Hall–Kier alpha value is -2.09. The van der Waals surface area contributed by atoms with E-state index in [1.807, 2.05) is 20.8 Å². The smallest absolute Gasteiger partial charge is 0.307 e. The molecule has 0 heterocycles. The van der Waals surface area contributed by atoms with Crippen molar-refractivity contribution in [1.29, 1.82) is 0 Å². The van der Waals surface area contributed by atoms with E-state index in [0.29, 0.717) is 5.75 Å². The quantitative estimate of drug-likeness (QED) is 0.549. The largest absolute Gasteiger partial charge is 0.456 e. The molecule has 1 rings (SSSR count). The summed E-state index contributed by atoms with van der Waals surface area (Å²) in [6.45, 7) is 5.03. The highest BCUT2D eigenvalue weighted by molar-refractivity contribution is 7.99. The fourth-order valence-electron chi connectivity index (χ4n) is 1.87. The van der Waals surface area contributed by atoms with Crippen LogP contribution in [0.1, 0.15) is 27.2 Å². The van der Waals surface area contributed by atoms with Gasteiger partial charge in [0.25, 0.3) is 5.91 Å². The third-order valence-electron chi connectivity index (χ3n) is 3.07. The van der Waals surface area contributed by atoms with E-state index in [-0.39, 0.29) is 30.2 Å². The number of nitrogens with zero attached hydrogens (tertiary/aromatic N) is 1. The molecule has 0 aliphatic heterocycles. The first-order valence-corrected chi connectivity index (χ1v) is 9.14. The first-order chi connectivity index (χ1) is 12.1. The van der Waals surface area contributed by atoms with Crippen molar-refractivity contribution in [3.63, 3.8) is 0 Å². The average Bonchev–Trinajstić information content (AvgIpc) is 2.52. The molecule has 1 N–H and O–H groups in total. The molecule has 0 saturated heterocycles. The van der Waals surface area contributed by atoms with E-state index in [2.05, 4.69) is 5.32 Å². The summed E-state index contributed by atoms with van der Waals surface area (Å²) in [7, 11) is 1.47. The summed E-state index contributed by atoms with van der Waals surface area (Å²) in [5.74, 6) is -1.08. The van der Waals surface area contributed by atoms with Gasteiger partial charge in [-0.05, 0) is 45.0 Å². The summed E-state index contributed by atoms with van der Waals surface area (Å²) in [6.07, 6.45) is 0.129. The zero-order valence-electron chi connectivity index (χ0n) is 15.5. The molecule has 144 valence electrons. The summed E-state index contributed by atoms with van der Waals surface area (Å²) in [5.41, 5.74) is -0.379. The van der Waals surface area contributed by atoms with Gasteiger partial charge in [0.1, 0.15) is 5.82 Å². The van der Waals surface area contributed by atoms with Crippen LogP contribution in [0.15, 0.2) is 29.2 Å². The zero-order valence-corrected chi connectivity index (χ0v) is 16.3. The summed E-state index contributed by atoms with van der Waals surface area (Å²) in [4.78, 5) is 37.4. The Balaban J connectivity index is 2.25. The molecule has 0 unspecified atom stereocenters. The first-order valence-electron chi connectivity index (χ1n) is 8.16. The number of ether oxygens (including phenoxy) is 1. The predicted molar refractivity (Wildman–Crippen MR) is 98.2 cm³/mol. The normalized spacial score (nSPS) is 11.0. The van der Waals surface area contributed by atoms with Crippen molar-refractivity contribution in [3.05, 3.63) is 30.1 Å². The molecule has 0 radical (unpaired) electrons. The molecule has 0 aromatic heterocycles. The predicted octanol–water partition coefficient (Wildman–Crippen LogP) is 2.22. The number of carbonyl (C=O) groups is 3. The molecule has 0 spiro atoms. The second-order valence-corrected chi connectivity index (χ2v) is 7.93. The molecule has 2 amide bonds. The molecule has 0 aliphatic rings. The van der Waals surface area contributed by atoms with E-state index < -0.39 is 18.5 Å². The van der Waals surface area contributed by atoms with Crippen LogP contribution in [-0.4, -0.2) is 54.2 Å². The van der Waals surface area contributed by atoms with Crippen molar-refractivity contribution in [2.45, 2.75) is 37.6 Å². The molecule has 26 heavy (non-hydrogen) atoms. The lowest BCUT2D eigenvalue weighted by Gasteiger charge is -2.23. The zero-order chi connectivity index (χ0) is 19.7. The standard InChI is InChI=1S/C18H25FN2O4S/c1-18(2,3)20-15(22)11-21(4)16(23)12-25-17(24)9-10-26-14-7-5-13(19)6-8-14/h5-8H,9-12H2,1-4H3,(H,20,22). The molecular weight excluding hydrogens is 359 g/mol. The lowest BCUT2D eigenvalue weighted by molar-refractivity contribution is -0.151. The summed E-state index contributed by atoms with van der Waals surface area (Å²) in [6, 6.07) is 5.97. The maximum Gasteiger partial charge on any atom is 0.307 e. The van der Waals surface area contributed by atoms with E-state index in [0.717, 1.165) is 4.90 Å². The average molecular weight is 384 g/mol. The molecule has 0 saturated carbocycles. The van der Waals surface area contributed by atoms with Crippen LogP contribution in [0.3, 0.4) is 0 Å². The van der Waals surface area contributed by atoms with E-state index in [1.54, 1.807) is 12.1 Å². The minimum absolute atomic E-state index is 0.103. The molecule has 1 aromatic carbocycles. The van der Waals surface area contributed by atoms with Crippen molar-refractivity contribution in [2.75, 3.05) is 26.0 Å². The van der Waals surface area contributed by atoms with Crippen molar-refractivity contribution >= 4 is 29.5 Å². The number of thioether (sulfide) groups is 1. The lowest BCUT2D eigenvalue weighted by Crippen LogP contribution is -2.46. The number of rotatable bonds is 8. The van der Waals surface area contributed by atoms with Gasteiger partial charge in [0.05, 0.1) is 13.0 Å². The molecule has 0 fully saturated rings. The molecular formula is C18H25FN2O4S.